The number of rotatable bonds is 7. The van der Waals surface area contributed by atoms with E-state index < -0.39 is 4.92 Å². The third-order valence-corrected chi connectivity index (χ3v) is 5.14. The summed E-state index contributed by atoms with van der Waals surface area (Å²) in [5.74, 6) is 0.193. The molecule has 0 aliphatic carbocycles. The van der Waals surface area contributed by atoms with E-state index in [0.29, 0.717) is 18.9 Å². The molecule has 0 aromatic heterocycles. The van der Waals surface area contributed by atoms with Gasteiger partial charge in [0, 0.05) is 31.8 Å². The van der Waals surface area contributed by atoms with Gasteiger partial charge in [-0.2, -0.15) is 0 Å². The first kappa shape index (κ1) is 19.4. The molecule has 1 aromatic carbocycles. The van der Waals surface area contributed by atoms with Crippen LogP contribution >= 0.6 is 0 Å². The van der Waals surface area contributed by atoms with Gasteiger partial charge >= 0.3 is 0 Å². The molecule has 2 unspecified atom stereocenters. The van der Waals surface area contributed by atoms with E-state index in [2.05, 4.69) is 5.32 Å². The van der Waals surface area contributed by atoms with Crippen molar-refractivity contribution < 1.29 is 23.9 Å². The van der Waals surface area contributed by atoms with Crippen LogP contribution in [0.5, 0.6) is 11.5 Å². The molecule has 1 aromatic rings. The minimum atomic E-state index is -0.548. The van der Waals surface area contributed by atoms with Crippen molar-refractivity contribution in [3.63, 3.8) is 0 Å². The number of ether oxygens (including phenoxy) is 3. The lowest BCUT2D eigenvalue weighted by atomic mass is 10.1. The molecule has 2 fully saturated rings. The van der Waals surface area contributed by atoms with Gasteiger partial charge in [0.15, 0.2) is 11.5 Å². The van der Waals surface area contributed by atoms with Crippen LogP contribution in [0, 0.1) is 10.1 Å². The molecular formula is C18H25N3O6. The van der Waals surface area contributed by atoms with Gasteiger partial charge in [-0.3, -0.25) is 14.9 Å². The average molecular weight is 379 g/mol. The van der Waals surface area contributed by atoms with E-state index in [1.165, 1.54) is 26.4 Å². The summed E-state index contributed by atoms with van der Waals surface area (Å²) in [4.78, 5) is 26.2. The average Bonchev–Trinajstić information content (AvgIpc) is 2.93. The molecule has 2 atom stereocenters. The summed E-state index contributed by atoms with van der Waals surface area (Å²) in [7, 11) is 2.98. The molecule has 27 heavy (non-hydrogen) atoms. The SMILES string of the molecule is COCCOc1cc([N+](=O)[O-])c(C(=O)N2C3CCNCC2CC3)cc1OC. The first-order chi connectivity index (χ1) is 13.1. The molecule has 2 aliphatic rings. The van der Waals surface area contributed by atoms with Gasteiger partial charge in [0.2, 0.25) is 0 Å². The zero-order valence-electron chi connectivity index (χ0n) is 15.6. The van der Waals surface area contributed by atoms with Crippen molar-refractivity contribution in [2.24, 2.45) is 0 Å². The molecule has 2 heterocycles. The molecule has 148 valence electrons. The fraction of sp³-hybridized carbons (Fsp3) is 0.611. The van der Waals surface area contributed by atoms with Crippen LogP contribution in [0.2, 0.25) is 0 Å². The van der Waals surface area contributed by atoms with Gasteiger partial charge in [0.1, 0.15) is 12.2 Å². The zero-order chi connectivity index (χ0) is 19.4. The highest BCUT2D eigenvalue weighted by molar-refractivity contribution is 5.99. The minimum absolute atomic E-state index is 0.0368. The summed E-state index contributed by atoms with van der Waals surface area (Å²) in [6.07, 6.45) is 2.69. The first-order valence-corrected chi connectivity index (χ1v) is 9.08. The number of benzene rings is 1. The monoisotopic (exact) mass is 379 g/mol. The van der Waals surface area contributed by atoms with E-state index in [1.54, 1.807) is 0 Å². The third kappa shape index (κ3) is 3.98. The summed E-state index contributed by atoms with van der Waals surface area (Å²) in [6.45, 7) is 2.12. The molecule has 1 N–H and O–H groups in total. The summed E-state index contributed by atoms with van der Waals surface area (Å²) < 4.78 is 15.8. The fourth-order valence-corrected chi connectivity index (χ4v) is 3.83. The summed E-state index contributed by atoms with van der Waals surface area (Å²) in [6, 6.07) is 2.86. The predicted octanol–water partition coefficient (Wildman–Crippen LogP) is 1.60. The Labute approximate surface area is 157 Å². The maximum Gasteiger partial charge on any atom is 0.286 e. The van der Waals surface area contributed by atoms with Crippen LogP contribution in [-0.2, 0) is 4.74 Å². The molecule has 0 saturated carbocycles. The number of hydrogen-bond donors (Lipinski definition) is 1. The van der Waals surface area contributed by atoms with Crippen molar-refractivity contribution >= 4 is 11.6 Å². The van der Waals surface area contributed by atoms with Crippen LogP contribution in [0.1, 0.15) is 29.6 Å². The Kier molecular flexibility index (Phi) is 6.12. The van der Waals surface area contributed by atoms with Crippen LogP contribution in [-0.4, -0.2) is 68.3 Å². The van der Waals surface area contributed by atoms with Gasteiger partial charge in [-0.1, -0.05) is 0 Å². The molecule has 1 amide bonds. The fourth-order valence-electron chi connectivity index (χ4n) is 3.83. The maximum absolute atomic E-state index is 13.3. The highest BCUT2D eigenvalue weighted by atomic mass is 16.6. The molecular weight excluding hydrogens is 354 g/mol. The van der Waals surface area contributed by atoms with Gasteiger partial charge < -0.3 is 24.4 Å². The Morgan fingerprint density at radius 2 is 2.00 bits per heavy atom. The second-order valence-electron chi connectivity index (χ2n) is 6.71. The lowest BCUT2D eigenvalue weighted by Crippen LogP contribution is -2.42. The third-order valence-electron chi connectivity index (χ3n) is 5.14. The van der Waals surface area contributed by atoms with Crippen LogP contribution < -0.4 is 14.8 Å². The second kappa shape index (κ2) is 8.53. The maximum atomic E-state index is 13.3. The van der Waals surface area contributed by atoms with Gasteiger partial charge in [-0.15, -0.1) is 0 Å². The van der Waals surface area contributed by atoms with E-state index in [0.717, 1.165) is 25.8 Å². The number of nitro groups is 1. The molecule has 3 rings (SSSR count). The highest BCUT2D eigenvalue weighted by Crippen LogP contribution is 2.37. The number of amides is 1. The van der Waals surface area contributed by atoms with E-state index in [1.807, 2.05) is 4.90 Å². The van der Waals surface area contributed by atoms with E-state index >= 15 is 0 Å². The molecule has 9 heteroatoms. The van der Waals surface area contributed by atoms with Crippen molar-refractivity contribution in [3.05, 3.63) is 27.8 Å². The smallest absolute Gasteiger partial charge is 0.286 e. The number of nitro benzene ring substituents is 1. The quantitative estimate of drug-likeness (QED) is 0.436. The van der Waals surface area contributed by atoms with Crippen molar-refractivity contribution in [2.45, 2.75) is 31.3 Å². The van der Waals surface area contributed by atoms with Crippen LogP contribution in [0.15, 0.2) is 12.1 Å². The topological polar surface area (TPSA) is 103 Å². The van der Waals surface area contributed by atoms with Gasteiger partial charge in [0.05, 0.1) is 24.7 Å². The van der Waals surface area contributed by atoms with Crippen LogP contribution in [0.4, 0.5) is 5.69 Å². The number of hydrogen-bond acceptors (Lipinski definition) is 7. The number of carbonyl (C=O) groups is 1. The van der Waals surface area contributed by atoms with Crippen molar-refractivity contribution in [3.8, 4) is 11.5 Å². The van der Waals surface area contributed by atoms with Crippen LogP contribution in [0.25, 0.3) is 0 Å². The highest BCUT2D eigenvalue weighted by Gasteiger charge is 2.40. The summed E-state index contributed by atoms with van der Waals surface area (Å²) in [5.41, 5.74) is -0.237. The molecule has 0 radical (unpaired) electrons. The lowest BCUT2D eigenvalue weighted by Gasteiger charge is -2.28. The van der Waals surface area contributed by atoms with Crippen molar-refractivity contribution in [1.29, 1.82) is 0 Å². The molecule has 9 nitrogen and oxygen atoms in total. The van der Waals surface area contributed by atoms with E-state index in [4.69, 9.17) is 14.2 Å². The van der Waals surface area contributed by atoms with E-state index in [9.17, 15) is 14.9 Å². The van der Waals surface area contributed by atoms with Crippen molar-refractivity contribution in [2.75, 3.05) is 40.5 Å². The Balaban J connectivity index is 1.95. The standard InChI is InChI=1S/C18H25N3O6/c1-25-7-8-27-17-10-15(21(23)24)14(9-16(17)26-2)18(22)20-12-3-4-13(20)11-19-6-5-12/h9-10,12-13,19H,3-8,11H2,1-2H3. The van der Waals surface area contributed by atoms with Gasteiger partial charge in [0.25, 0.3) is 11.6 Å². The number of nitrogens with zero attached hydrogens (tertiary/aromatic N) is 2. The Morgan fingerprint density at radius 1 is 1.22 bits per heavy atom. The van der Waals surface area contributed by atoms with E-state index in [-0.39, 0.29) is 41.6 Å². The van der Waals surface area contributed by atoms with Crippen molar-refractivity contribution in [1.82, 2.24) is 10.2 Å². The van der Waals surface area contributed by atoms with Gasteiger partial charge in [-0.05, 0) is 25.8 Å². The van der Waals surface area contributed by atoms with Gasteiger partial charge in [-0.25, -0.2) is 0 Å². The zero-order valence-corrected chi connectivity index (χ0v) is 15.6. The normalized spacial score (nSPS) is 21.6. The molecule has 2 aliphatic heterocycles. The Morgan fingerprint density at radius 3 is 2.70 bits per heavy atom. The Bertz CT molecular complexity index is 697. The number of methoxy groups -OCH3 is 2. The van der Waals surface area contributed by atoms with Crippen LogP contribution in [0.3, 0.4) is 0 Å². The Hall–Kier alpha value is -2.39. The first-order valence-electron chi connectivity index (χ1n) is 9.08. The molecule has 0 spiro atoms. The number of carbonyl (C=O) groups excluding carboxylic acids is 1. The number of fused-ring (bicyclic) bond motifs is 2. The number of nitrogens with one attached hydrogen (secondary N) is 1. The second-order valence-corrected chi connectivity index (χ2v) is 6.71. The summed E-state index contributed by atoms with van der Waals surface area (Å²) >= 11 is 0. The largest absolute Gasteiger partial charge is 0.493 e. The molecule has 2 bridgehead atoms. The predicted molar refractivity (Wildman–Crippen MR) is 97.5 cm³/mol. The minimum Gasteiger partial charge on any atom is -0.493 e. The summed E-state index contributed by atoms with van der Waals surface area (Å²) in [5, 5.41) is 15.0. The lowest BCUT2D eigenvalue weighted by molar-refractivity contribution is -0.385. The molecule has 2 saturated heterocycles.